The summed E-state index contributed by atoms with van der Waals surface area (Å²) in [7, 11) is -3.71. The van der Waals surface area contributed by atoms with Crippen LogP contribution in [0.15, 0.2) is 41.8 Å². The molecule has 2 rings (SSSR count). The third-order valence-electron chi connectivity index (χ3n) is 3.23. The Labute approximate surface area is 147 Å². The number of hydrogen-bond donors (Lipinski definition) is 1. The Bertz CT molecular complexity index is 817. The van der Waals surface area contributed by atoms with Gasteiger partial charge < -0.3 is 5.32 Å². The molecule has 1 amide bonds. The number of sulfonamides is 1. The van der Waals surface area contributed by atoms with E-state index in [9.17, 15) is 26.4 Å². The smallest absolute Gasteiger partial charge is 0.350 e. The van der Waals surface area contributed by atoms with Gasteiger partial charge in [0, 0.05) is 6.54 Å². The molecule has 1 heterocycles. The lowest BCUT2D eigenvalue weighted by atomic mass is 10.2. The Morgan fingerprint density at radius 3 is 2.32 bits per heavy atom. The van der Waals surface area contributed by atoms with Gasteiger partial charge in [0.2, 0.25) is 10.0 Å². The first kappa shape index (κ1) is 19.3. The predicted molar refractivity (Wildman–Crippen MR) is 90.3 cm³/mol. The summed E-state index contributed by atoms with van der Waals surface area (Å²) in [6, 6.07) is 7.15. The third-order valence-corrected chi connectivity index (χ3v) is 5.29. The number of hydrogen-bond acceptors (Lipinski definition) is 4. The molecule has 5 nitrogen and oxygen atoms in total. The second-order valence-electron chi connectivity index (χ2n) is 5.11. The van der Waals surface area contributed by atoms with Crippen molar-refractivity contribution in [2.24, 2.45) is 0 Å². The second kappa shape index (κ2) is 7.44. The van der Waals surface area contributed by atoms with Crippen molar-refractivity contribution in [3.63, 3.8) is 0 Å². The van der Waals surface area contributed by atoms with Crippen LogP contribution < -0.4 is 9.62 Å². The number of nitrogens with one attached hydrogen (secondary N) is 1. The number of rotatable bonds is 6. The van der Waals surface area contributed by atoms with Crippen LogP contribution in [-0.2, 0) is 16.2 Å². The predicted octanol–water partition coefficient (Wildman–Crippen LogP) is 2.96. The number of carbonyl (C=O) groups excluding carboxylic acids is 1. The fourth-order valence-electron chi connectivity index (χ4n) is 2.07. The van der Waals surface area contributed by atoms with E-state index in [1.54, 1.807) is 17.5 Å². The molecule has 1 aromatic carbocycles. The zero-order valence-corrected chi connectivity index (χ0v) is 14.7. The lowest BCUT2D eigenvalue weighted by Crippen LogP contribution is -2.38. The van der Waals surface area contributed by atoms with Crippen molar-refractivity contribution < 1.29 is 26.4 Å². The first-order valence-corrected chi connectivity index (χ1v) is 9.78. The van der Waals surface area contributed by atoms with Crippen LogP contribution in [0.4, 0.5) is 18.9 Å². The Hall–Kier alpha value is -2.07. The Morgan fingerprint density at radius 1 is 1.20 bits per heavy atom. The van der Waals surface area contributed by atoms with Crippen LogP contribution in [0.5, 0.6) is 0 Å². The zero-order valence-electron chi connectivity index (χ0n) is 13.1. The van der Waals surface area contributed by atoms with Gasteiger partial charge in [-0.2, -0.15) is 13.2 Å². The number of amides is 1. The maximum atomic E-state index is 12.6. The van der Waals surface area contributed by atoms with Gasteiger partial charge in [-0.25, -0.2) is 8.42 Å². The van der Waals surface area contributed by atoms with Crippen molar-refractivity contribution in [3.05, 3.63) is 52.2 Å². The Morgan fingerprint density at radius 2 is 1.84 bits per heavy atom. The molecule has 0 saturated heterocycles. The number of benzene rings is 1. The summed E-state index contributed by atoms with van der Waals surface area (Å²) in [5, 5.41) is 4.31. The highest BCUT2D eigenvalue weighted by molar-refractivity contribution is 7.92. The summed E-state index contributed by atoms with van der Waals surface area (Å²) in [5.74, 6) is -0.337. The monoisotopic (exact) mass is 392 g/mol. The average Bonchev–Trinajstić information content (AvgIpc) is 3.04. The van der Waals surface area contributed by atoms with Gasteiger partial charge in [-0.3, -0.25) is 9.10 Å². The molecule has 25 heavy (non-hydrogen) atoms. The maximum absolute atomic E-state index is 12.6. The van der Waals surface area contributed by atoms with E-state index >= 15 is 0 Å². The minimum Gasteiger partial charge on any atom is -0.350 e. The molecule has 2 aromatic rings. The number of nitrogens with zero attached hydrogens (tertiary/aromatic N) is 1. The van der Waals surface area contributed by atoms with Gasteiger partial charge in [-0.05, 0) is 35.7 Å². The van der Waals surface area contributed by atoms with Crippen LogP contribution in [0.25, 0.3) is 0 Å². The van der Waals surface area contributed by atoms with E-state index < -0.39 is 21.8 Å². The minimum atomic E-state index is -4.50. The van der Waals surface area contributed by atoms with Gasteiger partial charge >= 0.3 is 6.18 Å². The quantitative estimate of drug-likeness (QED) is 0.822. The molecule has 0 fully saturated rings. The molecule has 0 aliphatic rings. The fraction of sp³-hybridized carbons (Fsp3) is 0.267. The van der Waals surface area contributed by atoms with Gasteiger partial charge in [0.1, 0.15) is 0 Å². The summed E-state index contributed by atoms with van der Waals surface area (Å²) in [6.07, 6.45) is -3.55. The van der Waals surface area contributed by atoms with Gasteiger partial charge in [0.05, 0.1) is 28.9 Å². The van der Waals surface area contributed by atoms with Crippen molar-refractivity contribution in [3.8, 4) is 0 Å². The van der Waals surface area contributed by atoms with E-state index in [1.165, 1.54) is 11.3 Å². The molecule has 0 unspecified atom stereocenters. The van der Waals surface area contributed by atoms with Crippen LogP contribution >= 0.6 is 11.3 Å². The largest absolute Gasteiger partial charge is 0.416 e. The number of carbonyl (C=O) groups is 1. The first-order chi connectivity index (χ1) is 11.6. The van der Waals surface area contributed by atoms with E-state index in [-0.39, 0.29) is 24.7 Å². The zero-order chi connectivity index (χ0) is 18.7. The van der Waals surface area contributed by atoms with Crippen molar-refractivity contribution in [2.45, 2.75) is 6.18 Å². The highest BCUT2D eigenvalue weighted by atomic mass is 32.2. The molecule has 0 radical (unpaired) electrons. The van der Waals surface area contributed by atoms with Crippen LogP contribution in [-0.4, -0.2) is 33.7 Å². The van der Waals surface area contributed by atoms with E-state index in [2.05, 4.69) is 5.32 Å². The van der Waals surface area contributed by atoms with E-state index in [0.717, 1.165) is 34.8 Å². The molecule has 1 N–H and O–H groups in total. The summed E-state index contributed by atoms with van der Waals surface area (Å²) in [4.78, 5) is 12.3. The van der Waals surface area contributed by atoms with Crippen LogP contribution in [0.2, 0.25) is 0 Å². The number of halogens is 3. The standard InChI is InChI=1S/C15H15F3N2O3S2/c1-25(22,23)20(9-8-19-14(21)13-3-2-10-24-13)12-6-4-11(5-7-12)15(16,17)18/h2-7,10H,8-9H2,1H3,(H,19,21). The molecular weight excluding hydrogens is 377 g/mol. The Balaban J connectivity index is 2.08. The molecular formula is C15H15F3N2O3S2. The Kier molecular flexibility index (Phi) is 5.73. The summed E-state index contributed by atoms with van der Waals surface area (Å²) >= 11 is 1.25. The maximum Gasteiger partial charge on any atom is 0.416 e. The molecule has 10 heteroatoms. The van der Waals surface area contributed by atoms with Crippen LogP contribution in [0.3, 0.4) is 0 Å². The first-order valence-electron chi connectivity index (χ1n) is 7.06. The molecule has 0 aliphatic heterocycles. The lowest BCUT2D eigenvalue weighted by molar-refractivity contribution is -0.137. The van der Waals surface area contributed by atoms with E-state index in [0.29, 0.717) is 4.88 Å². The number of anilines is 1. The summed E-state index contributed by atoms with van der Waals surface area (Å²) in [5.41, 5.74) is -0.767. The van der Waals surface area contributed by atoms with E-state index in [4.69, 9.17) is 0 Å². The normalized spacial score (nSPS) is 12.0. The van der Waals surface area contributed by atoms with Crippen molar-refractivity contribution in [1.29, 1.82) is 0 Å². The molecule has 0 saturated carbocycles. The van der Waals surface area contributed by atoms with E-state index in [1.807, 2.05) is 0 Å². The van der Waals surface area contributed by atoms with Crippen molar-refractivity contribution in [1.82, 2.24) is 5.32 Å². The number of alkyl halides is 3. The fourth-order valence-corrected chi connectivity index (χ4v) is 3.64. The molecule has 1 aromatic heterocycles. The number of thiophene rings is 1. The van der Waals surface area contributed by atoms with Gasteiger partial charge in [-0.1, -0.05) is 6.07 Å². The van der Waals surface area contributed by atoms with Crippen molar-refractivity contribution in [2.75, 3.05) is 23.7 Å². The molecule has 136 valence electrons. The molecule has 0 spiro atoms. The summed E-state index contributed by atoms with van der Waals surface area (Å²) in [6.45, 7) is -0.0772. The molecule has 0 aliphatic carbocycles. The minimum absolute atomic E-state index is 0.0187. The second-order valence-corrected chi connectivity index (χ2v) is 7.97. The summed E-state index contributed by atoms with van der Waals surface area (Å²) < 4.78 is 62.6. The highest BCUT2D eigenvalue weighted by Gasteiger charge is 2.30. The van der Waals surface area contributed by atoms with Gasteiger partial charge in [0.25, 0.3) is 5.91 Å². The topological polar surface area (TPSA) is 66.5 Å². The lowest BCUT2D eigenvalue weighted by Gasteiger charge is -2.23. The molecule has 0 atom stereocenters. The van der Waals surface area contributed by atoms with Crippen LogP contribution in [0, 0.1) is 0 Å². The van der Waals surface area contributed by atoms with Crippen molar-refractivity contribution >= 4 is 33.0 Å². The highest BCUT2D eigenvalue weighted by Crippen LogP contribution is 2.30. The SMILES string of the molecule is CS(=O)(=O)N(CCNC(=O)c1cccs1)c1ccc(C(F)(F)F)cc1. The van der Waals surface area contributed by atoms with Crippen LogP contribution in [0.1, 0.15) is 15.2 Å². The van der Waals surface area contributed by atoms with Gasteiger partial charge in [-0.15, -0.1) is 11.3 Å². The third kappa shape index (κ3) is 5.20. The molecule has 0 bridgehead atoms. The van der Waals surface area contributed by atoms with Gasteiger partial charge in [0.15, 0.2) is 0 Å². The average molecular weight is 392 g/mol.